The van der Waals surface area contributed by atoms with Crippen LogP contribution in [0.4, 0.5) is 0 Å². The van der Waals surface area contributed by atoms with Gasteiger partial charge in [-0.05, 0) is 31.0 Å². The average Bonchev–Trinajstić information content (AvgIpc) is 2.77. The maximum atomic E-state index is 13.0. The Balaban J connectivity index is 2.26. The molecule has 0 spiro atoms. The Morgan fingerprint density at radius 3 is 2.38 bits per heavy atom. The highest BCUT2D eigenvalue weighted by Crippen LogP contribution is 2.41. The Morgan fingerprint density at radius 1 is 1.06 bits per heavy atom. The summed E-state index contributed by atoms with van der Waals surface area (Å²) < 4.78 is 16.4. The molecule has 2 aromatic carbocycles. The summed E-state index contributed by atoms with van der Waals surface area (Å²) in [6.07, 6.45) is 3.39. The highest BCUT2D eigenvalue weighted by molar-refractivity contribution is 5.91. The molecule has 3 rings (SSSR count). The van der Waals surface area contributed by atoms with Crippen molar-refractivity contribution >= 4 is 16.9 Å². The van der Waals surface area contributed by atoms with Crippen LogP contribution in [-0.2, 0) is 17.6 Å². The zero-order valence-electron chi connectivity index (χ0n) is 17.4. The van der Waals surface area contributed by atoms with Gasteiger partial charge < -0.3 is 29.2 Å². The number of rotatable bonds is 9. The Kier molecular flexibility index (Phi) is 6.53. The van der Waals surface area contributed by atoms with E-state index >= 15 is 0 Å². The minimum atomic E-state index is -1.16. The summed E-state index contributed by atoms with van der Waals surface area (Å²) in [5, 5.41) is 30.2. The summed E-state index contributed by atoms with van der Waals surface area (Å²) in [6.45, 7) is 6.71. The fourth-order valence-corrected chi connectivity index (χ4v) is 3.38. The second-order valence-electron chi connectivity index (χ2n) is 6.87. The third-order valence-electron chi connectivity index (χ3n) is 4.81. The van der Waals surface area contributed by atoms with E-state index in [1.54, 1.807) is 18.2 Å². The van der Waals surface area contributed by atoms with E-state index in [-0.39, 0.29) is 52.4 Å². The second-order valence-corrected chi connectivity index (χ2v) is 6.87. The first-order valence-corrected chi connectivity index (χ1v) is 9.60. The van der Waals surface area contributed by atoms with E-state index in [4.69, 9.17) is 19.0 Å². The largest absolute Gasteiger partial charge is 0.507 e. The molecule has 0 fully saturated rings. The summed E-state index contributed by atoms with van der Waals surface area (Å²) in [6, 6.07) is 5.83. The van der Waals surface area contributed by atoms with Crippen LogP contribution >= 0.6 is 0 Å². The summed E-state index contributed by atoms with van der Waals surface area (Å²) in [5.74, 6) is -1.15. The number of phenolic OH excluding ortho intramolecular Hbond substituents is 2. The number of aliphatic carboxylic acids is 1. The number of carbonyl (C=O) groups is 1. The van der Waals surface area contributed by atoms with E-state index in [0.29, 0.717) is 16.9 Å². The van der Waals surface area contributed by atoms with Gasteiger partial charge in [-0.25, -0.2) is 4.79 Å². The highest BCUT2D eigenvalue weighted by Gasteiger charge is 2.22. The SMILES string of the molecule is C=CCc1c(O)c(CC=C)c2oc(-c3ccc(OC)c(OCC(=O)O)c3)cc(=O)c2c1O. The predicted octanol–water partition coefficient (Wildman–Crippen LogP) is 3.80. The van der Waals surface area contributed by atoms with Gasteiger partial charge >= 0.3 is 5.97 Å². The zero-order chi connectivity index (χ0) is 23.4. The lowest BCUT2D eigenvalue weighted by atomic mass is 9.97. The van der Waals surface area contributed by atoms with Crippen LogP contribution in [0, 0.1) is 0 Å². The van der Waals surface area contributed by atoms with Gasteiger partial charge in [0, 0.05) is 22.8 Å². The standard InChI is InChI=1S/C24H22O8/c1-4-6-14-22(28)15(7-5-2)24-21(23(14)29)16(25)11-18(32-24)13-8-9-17(30-3)19(10-13)31-12-20(26)27/h4-5,8-11,28-29H,1-2,6-7,12H2,3H3,(H,26,27). The third kappa shape index (κ3) is 4.15. The molecule has 0 bridgehead atoms. The van der Waals surface area contributed by atoms with E-state index in [1.165, 1.54) is 25.3 Å². The van der Waals surface area contributed by atoms with Crippen LogP contribution in [-0.4, -0.2) is 35.0 Å². The summed E-state index contributed by atoms with van der Waals surface area (Å²) in [5.41, 5.74) is 0.402. The lowest BCUT2D eigenvalue weighted by Gasteiger charge is -2.15. The Labute approximate surface area is 183 Å². The van der Waals surface area contributed by atoms with Crippen LogP contribution in [0.2, 0.25) is 0 Å². The Morgan fingerprint density at radius 2 is 1.75 bits per heavy atom. The molecule has 0 aliphatic carbocycles. The number of allylic oxidation sites excluding steroid dienone is 2. The smallest absolute Gasteiger partial charge is 0.341 e. The fraction of sp³-hybridized carbons (Fsp3) is 0.167. The average molecular weight is 438 g/mol. The normalized spacial score (nSPS) is 10.7. The summed E-state index contributed by atoms with van der Waals surface area (Å²) in [4.78, 5) is 23.8. The lowest BCUT2D eigenvalue weighted by Crippen LogP contribution is -2.10. The van der Waals surface area contributed by atoms with E-state index in [9.17, 15) is 19.8 Å². The maximum absolute atomic E-state index is 13.0. The van der Waals surface area contributed by atoms with E-state index in [0.717, 1.165) is 0 Å². The van der Waals surface area contributed by atoms with Gasteiger partial charge in [0.1, 0.15) is 28.2 Å². The van der Waals surface area contributed by atoms with Gasteiger partial charge in [0.2, 0.25) is 0 Å². The van der Waals surface area contributed by atoms with Gasteiger partial charge in [-0.15, -0.1) is 13.2 Å². The molecule has 32 heavy (non-hydrogen) atoms. The van der Waals surface area contributed by atoms with Gasteiger partial charge in [0.05, 0.1) is 7.11 Å². The Hall–Kier alpha value is -4.20. The van der Waals surface area contributed by atoms with Gasteiger partial charge in [-0.3, -0.25) is 4.79 Å². The minimum absolute atomic E-state index is 0.0269. The monoisotopic (exact) mass is 438 g/mol. The number of hydrogen-bond acceptors (Lipinski definition) is 7. The molecule has 0 atom stereocenters. The van der Waals surface area contributed by atoms with Crippen LogP contribution in [0.1, 0.15) is 11.1 Å². The number of ether oxygens (including phenoxy) is 2. The molecule has 1 aromatic heterocycles. The molecule has 0 amide bonds. The zero-order valence-corrected chi connectivity index (χ0v) is 17.4. The summed E-state index contributed by atoms with van der Waals surface area (Å²) >= 11 is 0. The van der Waals surface area contributed by atoms with Crippen LogP contribution in [0.15, 0.2) is 58.8 Å². The molecule has 8 nitrogen and oxygen atoms in total. The van der Waals surface area contributed by atoms with Crippen LogP contribution < -0.4 is 14.9 Å². The highest BCUT2D eigenvalue weighted by atomic mass is 16.5. The molecule has 0 radical (unpaired) electrons. The van der Waals surface area contributed by atoms with Crippen molar-refractivity contribution in [2.75, 3.05) is 13.7 Å². The van der Waals surface area contributed by atoms with Crippen LogP contribution in [0.5, 0.6) is 23.0 Å². The molecule has 3 aromatic rings. The second kappa shape index (κ2) is 9.30. The molecule has 3 N–H and O–H groups in total. The van der Waals surface area contributed by atoms with Gasteiger partial charge in [0.15, 0.2) is 23.5 Å². The molecule has 1 heterocycles. The predicted molar refractivity (Wildman–Crippen MR) is 119 cm³/mol. The number of phenols is 2. The van der Waals surface area contributed by atoms with Gasteiger partial charge in [-0.2, -0.15) is 0 Å². The molecular weight excluding hydrogens is 416 g/mol. The van der Waals surface area contributed by atoms with Crippen molar-refractivity contribution in [2.24, 2.45) is 0 Å². The number of carboxylic acids is 1. The molecule has 8 heteroatoms. The first-order chi connectivity index (χ1) is 15.3. The molecule has 0 aliphatic heterocycles. The first kappa shape index (κ1) is 22.5. The number of carboxylic acid groups (broad SMARTS) is 1. The van der Waals surface area contributed by atoms with E-state index in [2.05, 4.69) is 13.2 Å². The third-order valence-corrected chi connectivity index (χ3v) is 4.81. The quantitative estimate of drug-likeness (QED) is 0.431. The van der Waals surface area contributed by atoms with E-state index < -0.39 is 18.0 Å². The van der Waals surface area contributed by atoms with Gasteiger partial charge in [-0.1, -0.05) is 12.2 Å². The molecular formula is C24H22O8. The molecule has 0 unspecified atom stereocenters. The fourth-order valence-electron chi connectivity index (χ4n) is 3.38. The van der Waals surface area contributed by atoms with Crippen molar-refractivity contribution in [1.29, 1.82) is 0 Å². The van der Waals surface area contributed by atoms with Crippen molar-refractivity contribution in [3.63, 3.8) is 0 Å². The molecule has 166 valence electrons. The Bertz CT molecular complexity index is 1270. The van der Waals surface area contributed by atoms with Crippen molar-refractivity contribution < 1.29 is 34.0 Å². The number of benzene rings is 2. The number of hydrogen-bond donors (Lipinski definition) is 3. The van der Waals surface area contributed by atoms with Crippen molar-refractivity contribution in [3.05, 3.63) is 70.9 Å². The minimum Gasteiger partial charge on any atom is -0.507 e. The number of fused-ring (bicyclic) bond motifs is 1. The van der Waals surface area contributed by atoms with Crippen molar-refractivity contribution in [1.82, 2.24) is 0 Å². The van der Waals surface area contributed by atoms with Crippen LogP contribution in [0.25, 0.3) is 22.3 Å². The van der Waals surface area contributed by atoms with Crippen LogP contribution in [0.3, 0.4) is 0 Å². The van der Waals surface area contributed by atoms with E-state index in [1.807, 2.05) is 0 Å². The summed E-state index contributed by atoms with van der Waals surface area (Å²) in [7, 11) is 1.41. The van der Waals surface area contributed by atoms with Crippen molar-refractivity contribution in [3.8, 4) is 34.3 Å². The molecule has 0 saturated heterocycles. The molecule has 0 saturated carbocycles. The molecule has 0 aliphatic rings. The number of aromatic hydroxyl groups is 2. The first-order valence-electron chi connectivity index (χ1n) is 9.60. The maximum Gasteiger partial charge on any atom is 0.341 e. The van der Waals surface area contributed by atoms with Gasteiger partial charge in [0.25, 0.3) is 0 Å². The topological polar surface area (TPSA) is 126 Å². The van der Waals surface area contributed by atoms with Crippen molar-refractivity contribution in [2.45, 2.75) is 12.8 Å². The number of methoxy groups -OCH3 is 1. The lowest BCUT2D eigenvalue weighted by molar-refractivity contribution is -0.139.